The first-order valence-electron chi connectivity index (χ1n) is 11.1. The number of ketones is 1. The van der Waals surface area contributed by atoms with Crippen LogP contribution in [0.25, 0.3) is 5.70 Å². The van der Waals surface area contributed by atoms with Crippen LogP contribution < -0.4 is 0 Å². The Labute approximate surface area is 184 Å². The SMILES string of the molecule is C=C(N=C(OC)C(F)(F)F)c1ccc(C(=O)CCCCC2(C)CC3CCC(C3)C2)cc1.[HH]. The number of carbonyl (C=O) groups excluding carboxylic acids is 1. The first-order chi connectivity index (χ1) is 14.6. The monoisotopic (exact) mass is 437 g/mol. The van der Waals surface area contributed by atoms with E-state index in [1.807, 2.05) is 0 Å². The van der Waals surface area contributed by atoms with Crippen LogP contribution in [0.3, 0.4) is 0 Å². The molecule has 3 nitrogen and oxygen atoms in total. The molecule has 2 saturated carbocycles. The summed E-state index contributed by atoms with van der Waals surface area (Å²) in [6.45, 7) is 5.99. The summed E-state index contributed by atoms with van der Waals surface area (Å²) in [7, 11) is 0.917. The number of alkyl halides is 3. The van der Waals surface area contributed by atoms with Crippen LogP contribution in [0.5, 0.6) is 0 Å². The number of aliphatic imine (C=N–C) groups is 1. The van der Waals surface area contributed by atoms with Crippen LogP contribution >= 0.6 is 0 Å². The average Bonchev–Trinajstić information content (AvgIpc) is 3.07. The Morgan fingerprint density at radius 3 is 2.29 bits per heavy atom. The summed E-state index contributed by atoms with van der Waals surface area (Å²) in [5.74, 6) is 0.540. The number of fused-ring (bicyclic) bond motifs is 2. The lowest BCUT2D eigenvalue weighted by molar-refractivity contribution is -0.0754. The van der Waals surface area contributed by atoms with Crippen molar-refractivity contribution in [2.45, 2.75) is 70.9 Å². The van der Waals surface area contributed by atoms with Crippen molar-refractivity contribution in [3.63, 3.8) is 0 Å². The van der Waals surface area contributed by atoms with E-state index >= 15 is 0 Å². The minimum absolute atomic E-state index is 0. The average molecular weight is 438 g/mol. The fourth-order valence-corrected chi connectivity index (χ4v) is 5.47. The number of Topliss-reactive ketones (excluding diaryl/α,β-unsaturated/α-hetero) is 1. The van der Waals surface area contributed by atoms with Crippen molar-refractivity contribution in [2.24, 2.45) is 22.2 Å². The molecule has 31 heavy (non-hydrogen) atoms. The van der Waals surface area contributed by atoms with Gasteiger partial charge in [0.2, 0.25) is 0 Å². The summed E-state index contributed by atoms with van der Waals surface area (Å²) < 4.78 is 42.6. The minimum Gasteiger partial charge on any atom is -0.478 e. The van der Waals surface area contributed by atoms with E-state index in [1.165, 1.54) is 38.5 Å². The maximum Gasteiger partial charge on any atom is 0.468 e. The molecule has 0 aliphatic heterocycles. The second-order valence-electron chi connectivity index (χ2n) is 9.54. The van der Waals surface area contributed by atoms with Crippen molar-refractivity contribution in [3.8, 4) is 0 Å². The third-order valence-electron chi connectivity index (χ3n) is 6.86. The van der Waals surface area contributed by atoms with Crippen molar-refractivity contribution < 1.29 is 24.1 Å². The van der Waals surface area contributed by atoms with E-state index in [0.29, 0.717) is 23.0 Å². The standard InChI is InChI=1S/C25H32F3NO2.H2/c1-17(29-23(31-3)25(26,27)28)20-9-11-21(12-10-20)22(30)6-4-5-13-24(2)15-18-7-8-19(14-18)16-24;/h9-12,18-19H,1,4-8,13-16H2,2-3H3;1H. The molecule has 2 atom stereocenters. The quantitative estimate of drug-likeness (QED) is 0.183. The van der Waals surface area contributed by atoms with Gasteiger partial charge >= 0.3 is 6.18 Å². The first-order valence-corrected chi connectivity index (χ1v) is 11.1. The van der Waals surface area contributed by atoms with Gasteiger partial charge in [0, 0.05) is 13.4 Å². The van der Waals surface area contributed by atoms with E-state index in [1.54, 1.807) is 24.3 Å². The van der Waals surface area contributed by atoms with Gasteiger partial charge in [-0.2, -0.15) is 13.2 Å². The molecule has 2 aliphatic carbocycles. The summed E-state index contributed by atoms with van der Waals surface area (Å²) in [5, 5.41) is 0. The molecule has 2 fully saturated rings. The van der Waals surface area contributed by atoms with Gasteiger partial charge in [-0.3, -0.25) is 4.79 Å². The molecule has 3 rings (SSSR count). The highest BCUT2D eigenvalue weighted by atomic mass is 19.4. The van der Waals surface area contributed by atoms with Crippen LogP contribution in [0.1, 0.15) is 82.1 Å². The van der Waals surface area contributed by atoms with Crippen LogP contribution in [-0.2, 0) is 4.74 Å². The van der Waals surface area contributed by atoms with Crippen molar-refractivity contribution in [1.82, 2.24) is 0 Å². The fourth-order valence-electron chi connectivity index (χ4n) is 5.47. The maximum absolute atomic E-state index is 12.8. The number of hydrogen-bond donors (Lipinski definition) is 0. The summed E-state index contributed by atoms with van der Waals surface area (Å²) in [6.07, 6.45) is 5.81. The molecule has 1 aromatic carbocycles. The van der Waals surface area contributed by atoms with Crippen LogP contribution in [0.2, 0.25) is 0 Å². The molecular weight excluding hydrogens is 403 g/mol. The highest BCUT2D eigenvalue weighted by molar-refractivity contribution is 5.96. The molecule has 0 saturated heterocycles. The number of nitrogens with zero attached hydrogens (tertiary/aromatic N) is 1. The summed E-state index contributed by atoms with van der Waals surface area (Å²) in [6, 6.07) is 6.39. The molecule has 2 aliphatic rings. The molecule has 0 aromatic heterocycles. The predicted molar refractivity (Wildman–Crippen MR) is 119 cm³/mol. The third kappa shape index (κ3) is 6.20. The number of carbonyl (C=O) groups is 1. The van der Waals surface area contributed by atoms with E-state index in [-0.39, 0.29) is 12.9 Å². The number of benzene rings is 1. The smallest absolute Gasteiger partial charge is 0.468 e. The van der Waals surface area contributed by atoms with E-state index < -0.39 is 12.1 Å². The molecule has 0 N–H and O–H groups in total. The van der Waals surface area contributed by atoms with E-state index in [2.05, 4.69) is 23.2 Å². The van der Waals surface area contributed by atoms with E-state index in [0.717, 1.165) is 31.8 Å². The van der Waals surface area contributed by atoms with Crippen molar-refractivity contribution in [3.05, 3.63) is 42.0 Å². The number of methoxy groups -OCH3 is 1. The Balaban J connectivity index is 0.00000363. The second kappa shape index (κ2) is 9.58. The number of unbranched alkanes of at least 4 members (excludes halogenated alkanes) is 1. The van der Waals surface area contributed by atoms with Gasteiger partial charge in [-0.05, 0) is 54.9 Å². The topological polar surface area (TPSA) is 38.7 Å². The highest BCUT2D eigenvalue weighted by Gasteiger charge is 2.40. The zero-order chi connectivity index (χ0) is 22.6. The normalized spacial score (nSPS) is 26.0. The van der Waals surface area contributed by atoms with E-state index in [4.69, 9.17) is 0 Å². The molecule has 2 bridgehead atoms. The van der Waals surface area contributed by atoms with E-state index in [9.17, 15) is 18.0 Å². The molecule has 6 heteroatoms. The summed E-state index contributed by atoms with van der Waals surface area (Å²) >= 11 is 0. The van der Waals surface area contributed by atoms with Crippen molar-refractivity contribution >= 4 is 17.4 Å². The van der Waals surface area contributed by atoms with Crippen LogP contribution in [0.4, 0.5) is 13.2 Å². The van der Waals surface area contributed by atoms with Gasteiger partial charge in [0.15, 0.2) is 5.78 Å². The summed E-state index contributed by atoms with van der Waals surface area (Å²) in [5.41, 5.74) is 1.34. The Morgan fingerprint density at radius 2 is 1.74 bits per heavy atom. The van der Waals surface area contributed by atoms with Crippen LogP contribution in [0.15, 0.2) is 35.8 Å². The lowest BCUT2D eigenvalue weighted by Crippen LogP contribution is -2.26. The third-order valence-corrected chi connectivity index (χ3v) is 6.86. The Bertz CT molecular complexity index is 821. The molecule has 0 amide bonds. The number of ether oxygens (including phenoxy) is 1. The summed E-state index contributed by atoms with van der Waals surface area (Å²) in [4.78, 5) is 15.9. The molecular formula is C25H34F3NO2. The molecule has 172 valence electrons. The predicted octanol–water partition coefficient (Wildman–Crippen LogP) is 7.47. The van der Waals surface area contributed by atoms with Gasteiger partial charge in [-0.15, -0.1) is 0 Å². The number of halogens is 3. The maximum atomic E-state index is 12.8. The van der Waals surface area contributed by atoms with Crippen LogP contribution in [-0.4, -0.2) is 25.0 Å². The van der Waals surface area contributed by atoms with Crippen LogP contribution in [0, 0.1) is 17.3 Å². The fraction of sp³-hybridized carbons (Fsp3) is 0.600. The molecule has 0 radical (unpaired) electrons. The molecule has 0 heterocycles. The lowest BCUT2D eigenvalue weighted by Gasteiger charge is -2.38. The van der Waals surface area contributed by atoms with Gasteiger partial charge in [0.1, 0.15) is 0 Å². The lowest BCUT2D eigenvalue weighted by atomic mass is 9.68. The number of rotatable bonds is 8. The molecule has 1 aromatic rings. The molecule has 0 spiro atoms. The zero-order valence-electron chi connectivity index (χ0n) is 18.4. The van der Waals surface area contributed by atoms with Gasteiger partial charge in [-0.1, -0.05) is 57.0 Å². The first kappa shape index (κ1) is 23.6. The van der Waals surface area contributed by atoms with Crippen molar-refractivity contribution in [1.29, 1.82) is 0 Å². The van der Waals surface area contributed by atoms with Gasteiger partial charge < -0.3 is 4.74 Å². The molecule has 2 unspecified atom stereocenters. The Hall–Kier alpha value is -2.11. The highest BCUT2D eigenvalue weighted by Crippen LogP contribution is 2.52. The largest absolute Gasteiger partial charge is 0.478 e. The second-order valence-corrected chi connectivity index (χ2v) is 9.54. The van der Waals surface area contributed by atoms with Gasteiger partial charge in [-0.25, -0.2) is 4.99 Å². The zero-order valence-corrected chi connectivity index (χ0v) is 18.4. The Morgan fingerprint density at radius 1 is 1.16 bits per heavy atom. The number of hydrogen-bond acceptors (Lipinski definition) is 3. The van der Waals surface area contributed by atoms with Gasteiger partial charge in [0.05, 0.1) is 12.8 Å². The van der Waals surface area contributed by atoms with Crippen molar-refractivity contribution in [2.75, 3.05) is 7.11 Å². The van der Waals surface area contributed by atoms with Gasteiger partial charge in [0.25, 0.3) is 5.90 Å². The Kier molecular flexibility index (Phi) is 7.28. The minimum atomic E-state index is -4.68.